The lowest BCUT2D eigenvalue weighted by molar-refractivity contribution is -0.148. The fourth-order valence-corrected chi connectivity index (χ4v) is 2.41. The van der Waals surface area contributed by atoms with E-state index in [1.54, 1.807) is 0 Å². The Morgan fingerprint density at radius 1 is 1.13 bits per heavy atom. The normalized spacial score (nSPS) is 13.5. The summed E-state index contributed by atoms with van der Waals surface area (Å²) in [6.45, 7) is 9.62. The number of hydrogen-bond acceptors (Lipinski definition) is 3. The van der Waals surface area contributed by atoms with Crippen molar-refractivity contribution in [3.05, 3.63) is 35.4 Å². The molecule has 1 aromatic carbocycles. The summed E-state index contributed by atoms with van der Waals surface area (Å²) in [6, 6.07) is 7.52. The van der Waals surface area contributed by atoms with Gasteiger partial charge >= 0.3 is 5.97 Å². The lowest BCUT2D eigenvalue weighted by atomic mass is 10.00. The molecule has 0 spiro atoms. The Labute approximate surface area is 139 Å². The minimum atomic E-state index is -0.353. The van der Waals surface area contributed by atoms with Crippen LogP contribution >= 0.6 is 0 Å². The van der Waals surface area contributed by atoms with Gasteiger partial charge in [0.1, 0.15) is 0 Å². The first-order valence-electron chi connectivity index (χ1n) is 8.39. The molecule has 0 radical (unpaired) electrons. The molecule has 0 fully saturated rings. The molecular formula is C19H29NO3. The van der Waals surface area contributed by atoms with E-state index < -0.39 is 0 Å². The highest BCUT2D eigenvalue weighted by atomic mass is 16.5. The van der Waals surface area contributed by atoms with E-state index in [1.165, 1.54) is 0 Å². The van der Waals surface area contributed by atoms with Crippen LogP contribution in [0.25, 0.3) is 0 Å². The summed E-state index contributed by atoms with van der Waals surface area (Å²) >= 11 is 0. The lowest BCUT2D eigenvalue weighted by Crippen LogP contribution is -2.34. The highest BCUT2D eigenvalue weighted by Gasteiger charge is 2.22. The number of carbonyl (C=O) groups excluding carboxylic acids is 2. The molecule has 0 aliphatic carbocycles. The van der Waals surface area contributed by atoms with Crippen molar-refractivity contribution in [1.29, 1.82) is 0 Å². The van der Waals surface area contributed by atoms with Gasteiger partial charge in [0.2, 0.25) is 5.91 Å². The number of aryl methyl sites for hydroxylation is 1. The Morgan fingerprint density at radius 3 is 2.26 bits per heavy atom. The number of amides is 1. The number of esters is 1. The number of nitrogens with one attached hydrogen (secondary N) is 1. The lowest BCUT2D eigenvalue weighted by Gasteiger charge is -2.21. The van der Waals surface area contributed by atoms with Gasteiger partial charge in [-0.1, -0.05) is 50.1 Å². The summed E-state index contributed by atoms with van der Waals surface area (Å²) in [5.74, 6) is -0.377. The van der Waals surface area contributed by atoms with Crippen molar-refractivity contribution in [2.45, 2.75) is 66.0 Å². The number of hydrogen-bond donors (Lipinski definition) is 1. The van der Waals surface area contributed by atoms with Crippen molar-refractivity contribution in [1.82, 2.24) is 5.32 Å². The van der Waals surface area contributed by atoms with E-state index in [0.717, 1.165) is 24.0 Å². The van der Waals surface area contributed by atoms with E-state index >= 15 is 0 Å². The maximum absolute atomic E-state index is 12.3. The second-order valence-electron chi connectivity index (χ2n) is 6.40. The maximum atomic E-state index is 12.3. The molecule has 0 aliphatic rings. The van der Waals surface area contributed by atoms with Gasteiger partial charge in [0.05, 0.1) is 18.6 Å². The van der Waals surface area contributed by atoms with Gasteiger partial charge in [-0.3, -0.25) is 9.59 Å². The third-order valence-electron chi connectivity index (χ3n) is 3.70. The van der Waals surface area contributed by atoms with Crippen LogP contribution in [-0.4, -0.2) is 18.0 Å². The van der Waals surface area contributed by atoms with Crippen LogP contribution < -0.4 is 5.32 Å². The van der Waals surface area contributed by atoms with Gasteiger partial charge in [-0.05, 0) is 32.8 Å². The summed E-state index contributed by atoms with van der Waals surface area (Å²) in [4.78, 5) is 24.3. The zero-order valence-electron chi connectivity index (χ0n) is 14.9. The predicted octanol–water partition coefficient (Wildman–Crippen LogP) is 3.93. The van der Waals surface area contributed by atoms with Gasteiger partial charge < -0.3 is 10.1 Å². The second kappa shape index (κ2) is 9.33. The van der Waals surface area contributed by atoms with Gasteiger partial charge in [0, 0.05) is 5.92 Å². The Hall–Kier alpha value is -1.84. The molecule has 4 nitrogen and oxygen atoms in total. The maximum Gasteiger partial charge on any atom is 0.308 e. The first-order chi connectivity index (χ1) is 10.8. The molecule has 128 valence electrons. The van der Waals surface area contributed by atoms with Crippen molar-refractivity contribution in [2.75, 3.05) is 0 Å². The Kier molecular flexibility index (Phi) is 7.79. The van der Waals surface area contributed by atoms with Gasteiger partial charge in [-0.2, -0.15) is 0 Å². The first-order valence-corrected chi connectivity index (χ1v) is 8.39. The quantitative estimate of drug-likeness (QED) is 0.739. The largest absolute Gasteiger partial charge is 0.463 e. The molecule has 1 aromatic rings. The van der Waals surface area contributed by atoms with E-state index in [4.69, 9.17) is 4.74 Å². The predicted molar refractivity (Wildman–Crippen MR) is 92.0 cm³/mol. The molecule has 1 rings (SSSR count). The molecule has 2 atom stereocenters. The number of rotatable bonds is 8. The minimum Gasteiger partial charge on any atom is -0.463 e. The van der Waals surface area contributed by atoms with Crippen molar-refractivity contribution in [3.8, 4) is 0 Å². The Bertz CT molecular complexity index is 508. The zero-order chi connectivity index (χ0) is 17.4. The van der Waals surface area contributed by atoms with Gasteiger partial charge in [-0.25, -0.2) is 0 Å². The van der Waals surface area contributed by atoms with Crippen LogP contribution in [0.1, 0.15) is 64.1 Å². The van der Waals surface area contributed by atoms with Crippen LogP contribution in [0.2, 0.25) is 0 Å². The monoisotopic (exact) mass is 319 g/mol. The number of ether oxygens (including phenoxy) is 1. The van der Waals surface area contributed by atoms with E-state index in [9.17, 15) is 9.59 Å². The number of benzene rings is 1. The second-order valence-corrected chi connectivity index (χ2v) is 6.40. The Morgan fingerprint density at radius 2 is 1.74 bits per heavy atom. The van der Waals surface area contributed by atoms with Crippen molar-refractivity contribution in [2.24, 2.45) is 5.92 Å². The SMILES string of the molecule is CCCC(C)C(=O)NC(CC(=O)OC(C)C)c1ccc(C)cc1. The van der Waals surface area contributed by atoms with E-state index in [1.807, 2.05) is 52.0 Å². The number of carbonyl (C=O) groups is 2. The molecule has 1 N–H and O–H groups in total. The average molecular weight is 319 g/mol. The topological polar surface area (TPSA) is 55.4 Å². The molecular weight excluding hydrogens is 290 g/mol. The molecule has 1 amide bonds. The van der Waals surface area contributed by atoms with Crippen molar-refractivity contribution < 1.29 is 14.3 Å². The molecule has 2 unspecified atom stereocenters. The van der Waals surface area contributed by atoms with Crippen LogP contribution in [0.3, 0.4) is 0 Å². The molecule has 0 saturated heterocycles. The summed E-state index contributed by atoms with van der Waals surface area (Å²) in [5.41, 5.74) is 2.07. The van der Waals surface area contributed by atoms with Crippen molar-refractivity contribution >= 4 is 11.9 Å². The van der Waals surface area contributed by atoms with Crippen LogP contribution in [-0.2, 0) is 14.3 Å². The minimum absolute atomic E-state index is 0.0187. The van der Waals surface area contributed by atoms with Gasteiger partial charge in [0.25, 0.3) is 0 Å². The summed E-state index contributed by atoms with van der Waals surface area (Å²) in [7, 11) is 0. The van der Waals surface area contributed by atoms with Gasteiger partial charge in [0.15, 0.2) is 0 Å². The molecule has 0 saturated carbocycles. The van der Waals surface area contributed by atoms with E-state index in [-0.39, 0.29) is 36.4 Å². The molecule has 0 heterocycles. The van der Waals surface area contributed by atoms with Crippen LogP contribution in [0.5, 0.6) is 0 Å². The van der Waals surface area contributed by atoms with Crippen LogP contribution in [0, 0.1) is 12.8 Å². The molecule has 23 heavy (non-hydrogen) atoms. The van der Waals surface area contributed by atoms with E-state index in [2.05, 4.69) is 12.2 Å². The molecule has 0 bridgehead atoms. The fourth-order valence-electron chi connectivity index (χ4n) is 2.41. The highest BCUT2D eigenvalue weighted by molar-refractivity contribution is 5.80. The molecule has 4 heteroatoms. The Balaban J connectivity index is 2.85. The van der Waals surface area contributed by atoms with E-state index in [0.29, 0.717) is 0 Å². The summed E-state index contributed by atoms with van der Waals surface area (Å²) in [5, 5.41) is 3.00. The summed E-state index contributed by atoms with van der Waals surface area (Å²) in [6.07, 6.45) is 1.78. The smallest absolute Gasteiger partial charge is 0.308 e. The van der Waals surface area contributed by atoms with Crippen LogP contribution in [0.4, 0.5) is 0 Å². The van der Waals surface area contributed by atoms with Gasteiger partial charge in [-0.15, -0.1) is 0 Å². The fraction of sp³-hybridized carbons (Fsp3) is 0.579. The van der Waals surface area contributed by atoms with Crippen LogP contribution in [0.15, 0.2) is 24.3 Å². The van der Waals surface area contributed by atoms with Crippen molar-refractivity contribution in [3.63, 3.8) is 0 Å². The first kappa shape index (κ1) is 19.2. The third kappa shape index (κ3) is 6.85. The summed E-state index contributed by atoms with van der Waals surface area (Å²) < 4.78 is 5.23. The molecule has 0 aromatic heterocycles. The highest BCUT2D eigenvalue weighted by Crippen LogP contribution is 2.20. The molecule has 0 aliphatic heterocycles. The third-order valence-corrected chi connectivity index (χ3v) is 3.70. The zero-order valence-corrected chi connectivity index (χ0v) is 14.9. The standard InChI is InChI=1S/C19H29NO3/c1-6-7-15(5)19(22)20-17(12-18(21)23-13(2)3)16-10-8-14(4)9-11-16/h8-11,13,15,17H,6-7,12H2,1-5H3,(H,20,22). The average Bonchev–Trinajstić information content (AvgIpc) is 2.46.